The molecule has 0 saturated carbocycles. The maximum absolute atomic E-state index is 13.7. The number of carbonyl (C=O) groups is 1. The van der Waals surface area contributed by atoms with Gasteiger partial charge in [-0.1, -0.05) is 12.1 Å². The Balaban J connectivity index is 1.79. The van der Waals surface area contributed by atoms with Crippen molar-refractivity contribution in [3.05, 3.63) is 96.2 Å². The van der Waals surface area contributed by atoms with Gasteiger partial charge in [0, 0.05) is 19.3 Å². The van der Waals surface area contributed by atoms with Gasteiger partial charge in [0.05, 0.1) is 29.9 Å². The van der Waals surface area contributed by atoms with Gasteiger partial charge in [0.15, 0.2) is 5.58 Å². The Morgan fingerprint density at radius 3 is 2.59 bits per heavy atom. The third kappa shape index (κ3) is 3.88. The standard InChI is InChI=1S/C25H20F3N3O6/c1-29-19-10-9-13(11-20(19)37-24(29)35)30-12-16(22(33)36-2)21(32)31(23(30)34)18-8-4-5-14-15(18)6-3-7-17(14)25(26,27)28/h3,6-7,9-12,18H,4-5,8H2,1-2H3. The van der Waals surface area contributed by atoms with E-state index in [-0.39, 0.29) is 35.2 Å². The molecule has 0 amide bonds. The number of aryl methyl sites for hydroxylation is 1. The number of methoxy groups -OCH3 is 1. The molecular weight excluding hydrogens is 495 g/mol. The summed E-state index contributed by atoms with van der Waals surface area (Å²) in [5.74, 6) is -1.64. The lowest BCUT2D eigenvalue weighted by Crippen LogP contribution is -2.45. The lowest BCUT2D eigenvalue weighted by molar-refractivity contribution is -0.138. The van der Waals surface area contributed by atoms with Gasteiger partial charge in [-0.15, -0.1) is 0 Å². The zero-order chi connectivity index (χ0) is 26.6. The highest BCUT2D eigenvalue weighted by Gasteiger charge is 2.37. The molecule has 0 bridgehead atoms. The van der Waals surface area contributed by atoms with Gasteiger partial charge >= 0.3 is 23.6 Å². The van der Waals surface area contributed by atoms with Crippen molar-refractivity contribution in [1.29, 1.82) is 0 Å². The van der Waals surface area contributed by atoms with Crippen LogP contribution in [0.1, 0.15) is 45.9 Å². The first-order chi connectivity index (χ1) is 17.5. The first-order valence-corrected chi connectivity index (χ1v) is 11.3. The van der Waals surface area contributed by atoms with Crippen LogP contribution in [0.5, 0.6) is 0 Å². The van der Waals surface area contributed by atoms with E-state index in [1.165, 1.54) is 41.9 Å². The summed E-state index contributed by atoms with van der Waals surface area (Å²) in [7, 11) is 2.57. The second-order valence-electron chi connectivity index (χ2n) is 8.72. The van der Waals surface area contributed by atoms with Crippen LogP contribution in [0.2, 0.25) is 0 Å². The number of rotatable bonds is 3. The fourth-order valence-corrected chi connectivity index (χ4v) is 4.91. The molecule has 2 aromatic carbocycles. The zero-order valence-corrected chi connectivity index (χ0v) is 19.7. The van der Waals surface area contributed by atoms with Crippen molar-refractivity contribution in [2.45, 2.75) is 31.5 Å². The van der Waals surface area contributed by atoms with Gasteiger partial charge in [-0.25, -0.2) is 14.4 Å². The lowest BCUT2D eigenvalue weighted by atomic mass is 9.84. The summed E-state index contributed by atoms with van der Waals surface area (Å²) < 4.78 is 54.1. The number of halogens is 3. The second kappa shape index (κ2) is 8.64. The normalized spacial score (nSPS) is 15.5. The topological polar surface area (TPSA) is 105 Å². The van der Waals surface area contributed by atoms with Gasteiger partial charge in [0.2, 0.25) is 0 Å². The molecule has 0 fully saturated rings. The van der Waals surface area contributed by atoms with Crippen LogP contribution in [0.25, 0.3) is 16.8 Å². The molecule has 0 radical (unpaired) electrons. The molecule has 1 aliphatic rings. The average Bonchev–Trinajstić information content (AvgIpc) is 3.15. The van der Waals surface area contributed by atoms with E-state index in [9.17, 15) is 32.3 Å². The van der Waals surface area contributed by atoms with Crippen molar-refractivity contribution in [2.75, 3.05) is 7.11 Å². The number of ether oxygens (including phenoxy) is 1. The van der Waals surface area contributed by atoms with E-state index < -0.39 is 46.3 Å². The number of fused-ring (bicyclic) bond motifs is 2. The van der Waals surface area contributed by atoms with E-state index in [2.05, 4.69) is 0 Å². The molecule has 0 saturated heterocycles. The Hall–Kier alpha value is -4.35. The summed E-state index contributed by atoms with van der Waals surface area (Å²) in [5.41, 5.74) is -2.16. The van der Waals surface area contributed by atoms with Crippen LogP contribution in [-0.2, 0) is 24.4 Å². The molecule has 1 atom stereocenters. The van der Waals surface area contributed by atoms with E-state index in [0.717, 1.165) is 28.5 Å². The summed E-state index contributed by atoms with van der Waals surface area (Å²) >= 11 is 0. The minimum Gasteiger partial charge on any atom is -0.465 e. The molecule has 0 spiro atoms. The van der Waals surface area contributed by atoms with E-state index in [1.807, 2.05) is 0 Å². The van der Waals surface area contributed by atoms with Gasteiger partial charge < -0.3 is 9.15 Å². The number of benzene rings is 2. The van der Waals surface area contributed by atoms with E-state index in [4.69, 9.17) is 9.15 Å². The molecule has 4 aromatic rings. The van der Waals surface area contributed by atoms with Crippen molar-refractivity contribution in [1.82, 2.24) is 13.7 Å². The summed E-state index contributed by atoms with van der Waals surface area (Å²) in [6, 6.07) is 7.03. The van der Waals surface area contributed by atoms with E-state index in [0.29, 0.717) is 11.9 Å². The highest BCUT2D eigenvalue weighted by molar-refractivity contribution is 5.88. The third-order valence-electron chi connectivity index (χ3n) is 6.67. The second-order valence-corrected chi connectivity index (χ2v) is 8.72. The maximum Gasteiger partial charge on any atom is 0.419 e. The lowest BCUT2D eigenvalue weighted by Gasteiger charge is -2.29. The predicted molar refractivity (Wildman–Crippen MR) is 125 cm³/mol. The molecule has 1 aliphatic carbocycles. The largest absolute Gasteiger partial charge is 0.465 e. The number of oxazole rings is 1. The van der Waals surface area contributed by atoms with Crippen LogP contribution < -0.4 is 17.0 Å². The molecule has 5 rings (SSSR count). The van der Waals surface area contributed by atoms with Crippen LogP contribution in [0.4, 0.5) is 13.2 Å². The molecular formula is C25H20F3N3O6. The summed E-state index contributed by atoms with van der Waals surface area (Å²) in [5, 5.41) is 0. The predicted octanol–water partition coefficient (Wildman–Crippen LogP) is 3.18. The van der Waals surface area contributed by atoms with Crippen LogP contribution in [0.15, 0.2) is 61.4 Å². The van der Waals surface area contributed by atoms with Crippen LogP contribution in [0.3, 0.4) is 0 Å². The minimum absolute atomic E-state index is 0.0139. The Morgan fingerprint density at radius 1 is 1.14 bits per heavy atom. The van der Waals surface area contributed by atoms with Crippen LogP contribution in [0, 0.1) is 0 Å². The van der Waals surface area contributed by atoms with Crippen molar-refractivity contribution in [3.8, 4) is 5.69 Å². The summed E-state index contributed by atoms with van der Waals surface area (Å²) in [4.78, 5) is 51.5. The van der Waals surface area contributed by atoms with Crippen LogP contribution >= 0.6 is 0 Å². The van der Waals surface area contributed by atoms with Gasteiger partial charge in [-0.3, -0.25) is 18.5 Å². The number of hydrogen-bond acceptors (Lipinski definition) is 6. The van der Waals surface area contributed by atoms with Crippen molar-refractivity contribution >= 4 is 17.1 Å². The number of hydrogen-bond donors (Lipinski definition) is 0. The summed E-state index contributed by atoms with van der Waals surface area (Å²) in [6.45, 7) is 0. The monoisotopic (exact) mass is 515 g/mol. The Bertz CT molecular complexity index is 1740. The van der Waals surface area contributed by atoms with Gasteiger partial charge in [-0.05, 0) is 48.6 Å². The molecule has 37 heavy (non-hydrogen) atoms. The maximum atomic E-state index is 13.7. The zero-order valence-electron chi connectivity index (χ0n) is 19.7. The first-order valence-electron chi connectivity index (χ1n) is 11.3. The summed E-state index contributed by atoms with van der Waals surface area (Å²) in [6.07, 6.45) is -2.96. The number of aromatic nitrogens is 3. The van der Waals surface area contributed by atoms with Gasteiger partial charge in [-0.2, -0.15) is 13.2 Å². The van der Waals surface area contributed by atoms with E-state index in [1.54, 1.807) is 0 Å². The van der Waals surface area contributed by atoms with Crippen molar-refractivity contribution in [3.63, 3.8) is 0 Å². The number of carbonyl (C=O) groups excluding carboxylic acids is 1. The fourth-order valence-electron chi connectivity index (χ4n) is 4.91. The smallest absolute Gasteiger partial charge is 0.419 e. The highest BCUT2D eigenvalue weighted by Crippen LogP contribution is 2.40. The highest BCUT2D eigenvalue weighted by atomic mass is 19.4. The third-order valence-corrected chi connectivity index (χ3v) is 6.67. The van der Waals surface area contributed by atoms with Gasteiger partial charge in [0.1, 0.15) is 5.56 Å². The molecule has 9 nitrogen and oxygen atoms in total. The number of nitrogens with zero attached hydrogens (tertiary/aromatic N) is 3. The fraction of sp³-hybridized carbons (Fsp3) is 0.280. The molecule has 12 heteroatoms. The molecule has 2 heterocycles. The van der Waals surface area contributed by atoms with E-state index >= 15 is 0 Å². The van der Waals surface area contributed by atoms with Crippen molar-refractivity contribution < 1.29 is 27.1 Å². The molecule has 0 N–H and O–H groups in total. The molecule has 192 valence electrons. The Morgan fingerprint density at radius 2 is 1.89 bits per heavy atom. The number of esters is 1. The first kappa shape index (κ1) is 24.3. The average molecular weight is 515 g/mol. The van der Waals surface area contributed by atoms with Crippen molar-refractivity contribution in [2.24, 2.45) is 7.05 Å². The number of alkyl halides is 3. The quantitative estimate of drug-likeness (QED) is 0.388. The van der Waals surface area contributed by atoms with Gasteiger partial charge in [0.25, 0.3) is 5.56 Å². The van der Waals surface area contributed by atoms with Crippen LogP contribution in [-0.4, -0.2) is 26.8 Å². The molecule has 0 aliphatic heterocycles. The molecule has 1 unspecified atom stereocenters. The SMILES string of the molecule is COC(=O)c1cn(-c2ccc3c(c2)oc(=O)n3C)c(=O)n(C2CCCc3c2cccc3C(F)(F)F)c1=O. The molecule has 2 aromatic heterocycles. The Labute approximate surface area is 205 Å². The Kier molecular flexibility index (Phi) is 5.69. The minimum atomic E-state index is -4.61.